The maximum Gasteiger partial charge on any atom is 0.233 e. The number of carbonyl (C=O) groups excluding carboxylic acids is 1. The summed E-state index contributed by atoms with van der Waals surface area (Å²) in [6.07, 6.45) is 8.14. The maximum absolute atomic E-state index is 14.2. The number of rotatable bonds is 8. The maximum atomic E-state index is 14.2. The van der Waals surface area contributed by atoms with E-state index in [4.69, 9.17) is 0 Å². The Morgan fingerprint density at radius 3 is 2.69 bits per heavy atom. The summed E-state index contributed by atoms with van der Waals surface area (Å²) in [4.78, 5) is 24.2. The van der Waals surface area contributed by atoms with Crippen LogP contribution >= 0.6 is 35.5 Å². The van der Waals surface area contributed by atoms with E-state index in [1.165, 1.54) is 6.07 Å². The van der Waals surface area contributed by atoms with Gasteiger partial charge in [0.25, 0.3) is 0 Å². The highest BCUT2D eigenvalue weighted by molar-refractivity contribution is 7.98. The molecule has 0 aliphatic heterocycles. The number of imidazole rings is 1. The number of benzene rings is 2. The second-order valence-corrected chi connectivity index (χ2v) is 8.84. The van der Waals surface area contributed by atoms with Gasteiger partial charge in [-0.3, -0.25) is 9.69 Å². The van der Waals surface area contributed by atoms with Crippen LogP contribution in [0.5, 0.6) is 0 Å². The molecule has 1 amide bonds. The van der Waals surface area contributed by atoms with Crippen LogP contribution in [-0.2, 0) is 17.8 Å². The zero-order chi connectivity index (χ0) is 21.8. The molecular weight excluding hydrogens is 474 g/mol. The Hall–Kier alpha value is -2.49. The molecule has 2 heterocycles. The predicted molar refractivity (Wildman–Crippen MR) is 128 cm³/mol. The highest BCUT2D eigenvalue weighted by Gasteiger charge is 2.21. The molecule has 0 aliphatic rings. The standard InChI is InChI=1S/C22H20F2N4OS2.ClH/c1-30-17-5-3-15(4-6-17)11-20(29)28(9-2-8-27-10-7-25-14-27)22-26-21-18(24)12-16(23)13-19(21)31-22;/h3-7,10,12-14H,2,8-9,11H2,1H3;1H. The minimum absolute atomic E-state index is 0. The Morgan fingerprint density at radius 2 is 2.00 bits per heavy atom. The van der Waals surface area contributed by atoms with Crippen molar-refractivity contribution in [3.63, 3.8) is 0 Å². The second kappa shape index (κ2) is 10.9. The van der Waals surface area contributed by atoms with Crippen LogP contribution in [0.2, 0.25) is 0 Å². The fraction of sp³-hybridized carbons (Fsp3) is 0.227. The molecule has 0 atom stereocenters. The summed E-state index contributed by atoms with van der Waals surface area (Å²) < 4.78 is 30.1. The number of thioether (sulfide) groups is 1. The molecule has 0 aliphatic carbocycles. The van der Waals surface area contributed by atoms with Gasteiger partial charge in [-0.05, 0) is 36.4 Å². The van der Waals surface area contributed by atoms with Gasteiger partial charge >= 0.3 is 0 Å². The van der Waals surface area contributed by atoms with Gasteiger partial charge in [0.2, 0.25) is 5.91 Å². The van der Waals surface area contributed by atoms with E-state index in [-0.39, 0.29) is 30.3 Å². The lowest BCUT2D eigenvalue weighted by molar-refractivity contribution is -0.118. The van der Waals surface area contributed by atoms with Crippen molar-refractivity contribution in [1.29, 1.82) is 0 Å². The van der Waals surface area contributed by atoms with E-state index in [0.29, 0.717) is 29.3 Å². The first-order valence-corrected chi connectivity index (χ1v) is 11.7. The number of fused-ring (bicyclic) bond motifs is 1. The van der Waals surface area contributed by atoms with Crippen molar-refractivity contribution in [3.05, 3.63) is 72.3 Å². The van der Waals surface area contributed by atoms with Crippen molar-refractivity contribution in [2.45, 2.75) is 24.3 Å². The molecule has 0 spiro atoms. The number of carbonyl (C=O) groups is 1. The normalized spacial score (nSPS) is 10.8. The van der Waals surface area contributed by atoms with E-state index < -0.39 is 11.6 Å². The molecule has 0 N–H and O–H groups in total. The average molecular weight is 495 g/mol. The van der Waals surface area contributed by atoms with Crippen molar-refractivity contribution in [2.75, 3.05) is 17.7 Å². The van der Waals surface area contributed by atoms with Gasteiger partial charge < -0.3 is 4.57 Å². The summed E-state index contributed by atoms with van der Waals surface area (Å²) in [7, 11) is 0. The summed E-state index contributed by atoms with van der Waals surface area (Å²) >= 11 is 2.76. The lowest BCUT2D eigenvalue weighted by Gasteiger charge is -2.20. The SMILES string of the molecule is CSc1ccc(CC(=O)N(CCCn2ccnc2)c2nc3c(F)cc(F)cc3s2)cc1.Cl. The number of nitrogens with zero attached hydrogens (tertiary/aromatic N) is 4. The van der Waals surface area contributed by atoms with Crippen molar-refractivity contribution < 1.29 is 13.6 Å². The number of aryl methyl sites for hydroxylation is 1. The number of hydrogen-bond donors (Lipinski definition) is 0. The highest BCUT2D eigenvalue weighted by Crippen LogP contribution is 2.31. The third-order valence-corrected chi connectivity index (χ3v) is 6.57. The molecule has 32 heavy (non-hydrogen) atoms. The van der Waals surface area contributed by atoms with Crippen LogP contribution in [-0.4, -0.2) is 33.2 Å². The van der Waals surface area contributed by atoms with Gasteiger partial charge in [-0.2, -0.15) is 0 Å². The number of thiazole rings is 1. The van der Waals surface area contributed by atoms with Gasteiger partial charge in [0.05, 0.1) is 17.4 Å². The molecule has 4 rings (SSSR count). The molecule has 0 saturated carbocycles. The van der Waals surface area contributed by atoms with Crippen LogP contribution in [0, 0.1) is 11.6 Å². The summed E-state index contributed by atoms with van der Waals surface area (Å²) in [5, 5.41) is 0.371. The minimum atomic E-state index is -0.726. The Bertz CT molecular complexity index is 1180. The molecule has 0 unspecified atom stereocenters. The number of hydrogen-bond acceptors (Lipinski definition) is 5. The third-order valence-electron chi connectivity index (χ3n) is 4.81. The number of halogens is 3. The van der Waals surface area contributed by atoms with Crippen LogP contribution in [0.4, 0.5) is 13.9 Å². The molecular formula is C22H21ClF2N4OS2. The molecule has 5 nitrogen and oxygen atoms in total. The Morgan fingerprint density at radius 1 is 1.22 bits per heavy atom. The highest BCUT2D eigenvalue weighted by atomic mass is 35.5. The van der Waals surface area contributed by atoms with Gasteiger partial charge in [-0.25, -0.2) is 18.7 Å². The van der Waals surface area contributed by atoms with Crippen molar-refractivity contribution >= 4 is 56.8 Å². The zero-order valence-electron chi connectivity index (χ0n) is 17.2. The van der Waals surface area contributed by atoms with E-state index >= 15 is 0 Å². The van der Waals surface area contributed by atoms with Crippen molar-refractivity contribution in [1.82, 2.24) is 14.5 Å². The molecule has 0 saturated heterocycles. The van der Waals surface area contributed by atoms with Gasteiger partial charge in [-0.1, -0.05) is 23.5 Å². The van der Waals surface area contributed by atoms with Crippen LogP contribution in [0.15, 0.2) is 60.0 Å². The van der Waals surface area contributed by atoms with E-state index in [1.807, 2.05) is 41.3 Å². The van der Waals surface area contributed by atoms with Crippen LogP contribution in [0.25, 0.3) is 10.2 Å². The van der Waals surface area contributed by atoms with E-state index in [1.54, 1.807) is 29.2 Å². The van der Waals surface area contributed by atoms with Gasteiger partial charge in [0.15, 0.2) is 10.9 Å². The summed E-state index contributed by atoms with van der Waals surface area (Å²) in [5.41, 5.74) is 0.971. The molecule has 2 aromatic heterocycles. The molecule has 10 heteroatoms. The molecule has 0 bridgehead atoms. The minimum Gasteiger partial charge on any atom is -0.337 e. The van der Waals surface area contributed by atoms with E-state index in [9.17, 15) is 13.6 Å². The molecule has 168 valence electrons. The quantitative estimate of drug-likeness (QED) is 0.300. The summed E-state index contributed by atoms with van der Waals surface area (Å²) in [6.45, 7) is 1.09. The fourth-order valence-corrected chi connectivity index (χ4v) is 4.69. The lowest BCUT2D eigenvalue weighted by atomic mass is 10.1. The van der Waals surface area contributed by atoms with E-state index in [2.05, 4.69) is 9.97 Å². The topological polar surface area (TPSA) is 51.0 Å². The van der Waals surface area contributed by atoms with E-state index in [0.717, 1.165) is 27.9 Å². The average Bonchev–Trinajstić information content (AvgIpc) is 3.41. The first-order chi connectivity index (χ1) is 15.0. The Labute approximate surface area is 198 Å². The van der Waals surface area contributed by atoms with Crippen LogP contribution in [0.3, 0.4) is 0 Å². The molecule has 4 aromatic rings. The number of amides is 1. The van der Waals surface area contributed by atoms with Gasteiger partial charge in [-0.15, -0.1) is 24.2 Å². The first-order valence-electron chi connectivity index (χ1n) is 9.68. The molecule has 0 radical (unpaired) electrons. The lowest BCUT2D eigenvalue weighted by Crippen LogP contribution is -2.33. The Kier molecular flexibility index (Phi) is 8.22. The smallest absolute Gasteiger partial charge is 0.233 e. The Balaban J connectivity index is 0.00000289. The number of aromatic nitrogens is 3. The molecule has 0 fully saturated rings. The van der Waals surface area contributed by atoms with Crippen molar-refractivity contribution in [3.8, 4) is 0 Å². The monoisotopic (exact) mass is 494 g/mol. The predicted octanol–water partition coefficient (Wildman–Crippen LogP) is 5.58. The summed E-state index contributed by atoms with van der Waals surface area (Å²) in [6, 6.07) is 9.87. The van der Waals surface area contributed by atoms with Crippen molar-refractivity contribution in [2.24, 2.45) is 0 Å². The number of anilines is 1. The van der Waals surface area contributed by atoms with Gasteiger partial charge in [0.1, 0.15) is 11.3 Å². The second-order valence-electron chi connectivity index (χ2n) is 6.96. The molecule has 2 aromatic carbocycles. The largest absolute Gasteiger partial charge is 0.337 e. The fourth-order valence-electron chi connectivity index (χ4n) is 3.23. The summed E-state index contributed by atoms with van der Waals surface area (Å²) in [5.74, 6) is -1.52. The zero-order valence-corrected chi connectivity index (χ0v) is 19.7. The first kappa shape index (κ1) is 24.2. The van der Waals surface area contributed by atoms with Gasteiger partial charge in [0, 0.05) is 36.4 Å². The third kappa shape index (κ3) is 5.65. The van der Waals surface area contributed by atoms with Crippen LogP contribution in [0.1, 0.15) is 12.0 Å². The van der Waals surface area contributed by atoms with Crippen LogP contribution < -0.4 is 4.90 Å².